The van der Waals surface area contributed by atoms with Gasteiger partial charge in [-0.15, -0.1) is 0 Å². The number of anilines is 1. The molecular formula is C17H25ClN6O2S. The molecule has 27 heavy (non-hydrogen) atoms. The summed E-state index contributed by atoms with van der Waals surface area (Å²) in [5.41, 5.74) is 0. The highest BCUT2D eigenvalue weighted by Gasteiger charge is 2.23. The summed E-state index contributed by atoms with van der Waals surface area (Å²) in [6.45, 7) is 7.63. The molecule has 0 saturated carbocycles. The monoisotopic (exact) mass is 412 g/mol. The number of carbonyl (C=O) groups is 2. The van der Waals surface area contributed by atoms with Gasteiger partial charge in [-0.2, -0.15) is 0 Å². The molecule has 0 atom stereocenters. The van der Waals surface area contributed by atoms with Gasteiger partial charge in [0.15, 0.2) is 5.16 Å². The molecule has 2 aliphatic heterocycles. The summed E-state index contributed by atoms with van der Waals surface area (Å²) in [6.07, 6.45) is 0. The van der Waals surface area contributed by atoms with Gasteiger partial charge in [-0.1, -0.05) is 23.4 Å². The van der Waals surface area contributed by atoms with Gasteiger partial charge in [-0.05, 0) is 7.05 Å². The quantitative estimate of drug-likeness (QED) is 0.408. The van der Waals surface area contributed by atoms with Crippen LogP contribution in [0, 0.1) is 0 Å². The molecule has 0 N–H and O–H groups in total. The predicted octanol–water partition coefficient (Wildman–Crippen LogP) is 0.665. The molecule has 10 heteroatoms. The van der Waals surface area contributed by atoms with Crippen LogP contribution in [0.5, 0.6) is 0 Å². The van der Waals surface area contributed by atoms with Gasteiger partial charge in [0, 0.05) is 65.3 Å². The third-order valence-electron chi connectivity index (χ3n) is 4.89. The van der Waals surface area contributed by atoms with Gasteiger partial charge in [-0.25, -0.2) is 9.97 Å². The first-order valence-corrected chi connectivity index (χ1v) is 10.4. The number of thioether (sulfide) groups is 1. The molecule has 2 aliphatic rings. The summed E-state index contributed by atoms with van der Waals surface area (Å²) in [5.74, 6) is 1.17. The van der Waals surface area contributed by atoms with Crippen LogP contribution >= 0.6 is 23.4 Å². The lowest BCUT2D eigenvalue weighted by molar-refractivity contribution is -0.136. The average molecular weight is 413 g/mol. The van der Waals surface area contributed by atoms with E-state index in [2.05, 4.69) is 26.8 Å². The van der Waals surface area contributed by atoms with Crippen LogP contribution in [0.3, 0.4) is 0 Å². The lowest BCUT2D eigenvalue weighted by Gasteiger charge is -2.34. The molecule has 1 aromatic heterocycles. The predicted molar refractivity (Wildman–Crippen MR) is 106 cm³/mol. The number of likely N-dealkylation sites (N-methyl/N-ethyl adjacent to an activating group) is 1. The fourth-order valence-corrected chi connectivity index (χ4v) is 4.12. The van der Waals surface area contributed by atoms with Gasteiger partial charge in [0.1, 0.15) is 11.0 Å². The molecule has 2 saturated heterocycles. The zero-order valence-corrected chi connectivity index (χ0v) is 17.3. The fourth-order valence-electron chi connectivity index (χ4n) is 3.14. The Labute approximate surface area is 168 Å². The Morgan fingerprint density at radius 2 is 1.67 bits per heavy atom. The Kier molecular flexibility index (Phi) is 6.78. The molecule has 1 aromatic rings. The maximum atomic E-state index is 12.5. The maximum Gasteiger partial charge on any atom is 0.233 e. The van der Waals surface area contributed by atoms with Crippen molar-refractivity contribution in [3.8, 4) is 0 Å². The Morgan fingerprint density at radius 3 is 2.30 bits per heavy atom. The van der Waals surface area contributed by atoms with Crippen LogP contribution in [0.15, 0.2) is 11.2 Å². The zero-order chi connectivity index (χ0) is 19.4. The van der Waals surface area contributed by atoms with E-state index in [1.807, 2.05) is 0 Å². The molecule has 8 nitrogen and oxygen atoms in total. The zero-order valence-electron chi connectivity index (χ0n) is 15.7. The number of rotatable bonds is 4. The molecule has 0 spiro atoms. The summed E-state index contributed by atoms with van der Waals surface area (Å²) in [5, 5.41) is 0.913. The minimum atomic E-state index is 0.0351. The van der Waals surface area contributed by atoms with Crippen molar-refractivity contribution in [3.63, 3.8) is 0 Å². The summed E-state index contributed by atoms with van der Waals surface area (Å²) in [7, 11) is 2.10. The number of hydrogen-bond acceptors (Lipinski definition) is 7. The molecule has 148 valence electrons. The molecule has 0 unspecified atom stereocenters. The van der Waals surface area contributed by atoms with Gasteiger partial charge in [0.05, 0.1) is 5.75 Å². The van der Waals surface area contributed by atoms with E-state index in [9.17, 15) is 9.59 Å². The third kappa shape index (κ3) is 5.46. The van der Waals surface area contributed by atoms with E-state index in [-0.39, 0.29) is 17.6 Å². The second kappa shape index (κ2) is 9.07. The minimum Gasteiger partial charge on any atom is -0.354 e. The second-order valence-corrected chi connectivity index (χ2v) is 8.13. The number of nitrogens with zero attached hydrogens (tertiary/aromatic N) is 6. The van der Waals surface area contributed by atoms with Crippen molar-refractivity contribution in [2.24, 2.45) is 0 Å². The van der Waals surface area contributed by atoms with Crippen LogP contribution in [0.2, 0.25) is 5.15 Å². The molecule has 3 rings (SSSR count). The Bertz CT molecular complexity index is 690. The molecule has 2 amide bonds. The van der Waals surface area contributed by atoms with Crippen molar-refractivity contribution in [2.45, 2.75) is 12.1 Å². The van der Waals surface area contributed by atoms with E-state index in [0.29, 0.717) is 36.5 Å². The molecule has 3 heterocycles. The van der Waals surface area contributed by atoms with Crippen molar-refractivity contribution in [3.05, 3.63) is 11.2 Å². The van der Waals surface area contributed by atoms with E-state index in [1.165, 1.54) is 11.8 Å². The third-order valence-corrected chi connectivity index (χ3v) is 5.92. The number of hydrogen-bond donors (Lipinski definition) is 0. The van der Waals surface area contributed by atoms with E-state index in [4.69, 9.17) is 11.6 Å². The van der Waals surface area contributed by atoms with Gasteiger partial charge in [0.2, 0.25) is 11.8 Å². The molecule has 0 radical (unpaired) electrons. The fraction of sp³-hybridized carbons (Fsp3) is 0.647. The van der Waals surface area contributed by atoms with Crippen LogP contribution in [-0.2, 0) is 9.59 Å². The van der Waals surface area contributed by atoms with Crippen molar-refractivity contribution in [1.82, 2.24) is 24.7 Å². The van der Waals surface area contributed by atoms with Crippen LogP contribution in [0.4, 0.5) is 5.82 Å². The number of halogens is 1. The van der Waals surface area contributed by atoms with E-state index in [0.717, 1.165) is 32.0 Å². The van der Waals surface area contributed by atoms with Gasteiger partial charge >= 0.3 is 0 Å². The minimum absolute atomic E-state index is 0.0351. The van der Waals surface area contributed by atoms with Crippen LogP contribution in [0.1, 0.15) is 6.92 Å². The lowest BCUT2D eigenvalue weighted by Crippen LogP contribution is -2.50. The molecule has 0 aliphatic carbocycles. The first-order chi connectivity index (χ1) is 12.9. The van der Waals surface area contributed by atoms with Crippen LogP contribution < -0.4 is 4.90 Å². The van der Waals surface area contributed by atoms with Crippen molar-refractivity contribution < 1.29 is 9.59 Å². The molecule has 0 bridgehead atoms. The first-order valence-electron chi connectivity index (χ1n) is 9.06. The standard InChI is InChI=1S/C17H25ClN6O2S/c1-13(25)22-7-9-24(10-8-22)16(26)12-27-17-19-14(18)11-15(20-17)23-5-3-21(2)4-6-23/h11H,3-10,12H2,1-2H3. The van der Waals surface area contributed by atoms with Gasteiger partial charge in [0.25, 0.3) is 0 Å². The molecular weight excluding hydrogens is 388 g/mol. The second-order valence-electron chi connectivity index (χ2n) is 6.80. The van der Waals surface area contributed by atoms with Crippen molar-refractivity contribution >= 4 is 41.0 Å². The van der Waals surface area contributed by atoms with Crippen LogP contribution in [0.25, 0.3) is 0 Å². The van der Waals surface area contributed by atoms with E-state index >= 15 is 0 Å². The van der Waals surface area contributed by atoms with E-state index in [1.54, 1.807) is 22.8 Å². The summed E-state index contributed by atoms with van der Waals surface area (Å²) < 4.78 is 0. The van der Waals surface area contributed by atoms with Crippen LogP contribution in [-0.4, -0.2) is 102 Å². The van der Waals surface area contributed by atoms with Gasteiger partial charge in [-0.3, -0.25) is 9.59 Å². The Balaban J connectivity index is 1.55. The molecule has 2 fully saturated rings. The smallest absolute Gasteiger partial charge is 0.233 e. The topological polar surface area (TPSA) is 72.9 Å². The number of aromatic nitrogens is 2. The molecule has 0 aromatic carbocycles. The summed E-state index contributed by atoms with van der Waals surface area (Å²) in [4.78, 5) is 40.7. The number of carbonyl (C=O) groups excluding carboxylic acids is 2. The largest absolute Gasteiger partial charge is 0.354 e. The lowest BCUT2D eigenvalue weighted by atomic mass is 10.3. The summed E-state index contributed by atoms with van der Waals surface area (Å²) >= 11 is 7.48. The number of piperazine rings is 2. The SMILES string of the molecule is CC(=O)N1CCN(C(=O)CSc2nc(Cl)cc(N3CCN(C)CC3)n2)CC1. The van der Waals surface area contributed by atoms with Crippen molar-refractivity contribution in [1.29, 1.82) is 0 Å². The number of amides is 2. The summed E-state index contributed by atoms with van der Waals surface area (Å²) in [6, 6.07) is 1.78. The van der Waals surface area contributed by atoms with Crippen molar-refractivity contribution in [2.75, 3.05) is 70.1 Å². The Morgan fingerprint density at radius 1 is 1.04 bits per heavy atom. The maximum absolute atomic E-state index is 12.5. The first kappa shape index (κ1) is 20.2. The van der Waals surface area contributed by atoms with E-state index < -0.39 is 0 Å². The normalized spacial score (nSPS) is 18.7. The Hall–Kier alpha value is -1.58. The average Bonchev–Trinajstić information content (AvgIpc) is 2.66. The van der Waals surface area contributed by atoms with Gasteiger partial charge < -0.3 is 19.6 Å². The highest BCUT2D eigenvalue weighted by atomic mass is 35.5. The highest BCUT2D eigenvalue weighted by molar-refractivity contribution is 7.99. The highest BCUT2D eigenvalue weighted by Crippen LogP contribution is 2.23.